The molecule has 1 heterocycles. The number of carbonyl (C=O) groups excluding carboxylic acids is 1. The lowest BCUT2D eigenvalue weighted by Gasteiger charge is -2.11. The SMILES string of the molecule is C[C@H](Oc1ccccc1F)c1nnc(SCC(=O)NCc2ccccc2)o1. The average molecular weight is 387 g/mol. The Morgan fingerprint density at radius 1 is 1.19 bits per heavy atom. The Balaban J connectivity index is 1.47. The summed E-state index contributed by atoms with van der Waals surface area (Å²) in [6.45, 7) is 2.14. The molecule has 27 heavy (non-hydrogen) atoms. The van der Waals surface area contributed by atoms with E-state index >= 15 is 0 Å². The van der Waals surface area contributed by atoms with Crippen LogP contribution in [0, 0.1) is 5.82 Å². The van der Waals surface area contributed by atoms with Gasteiger partial charge in [0.05, 0.1) is 5.75 Å². The molecule has 1 N–H and O–H groups in total. The van der Waals surface area contributed by atoms with Crippen molar-refractivity contribution in [2.75, 3.05) is 5.75 Å². The summed E-state index contributed by atoms with van der Waals surface area (Å²) in [7, 11) is 0. The Hall–Kier alpha value is -2.87. The second-order valence-corrected chi connectivity index (χ2v) is 6.57. The van der Waals surface area contributed by atoms with Crippen LogP contribution in [0.2, 0.25) is 0 Å². The van der Waals surface area contributed by atoms with Gasteiger partial charge in [-0.25, -0.2) is 4.39 Å². The fraction of sp³-hybridized carbons (Fsp3) is 0.211. The predicted molar refractivity (Wildman–Crippen MR) is 98.8 cm³/mol. The Morgan fingerprint density at radius 3 is 2.70 bits per heavy atom. The number of hydrogen-bond acceptors (Lipinski definition) is 6. The monoisotopic (exact) mass is 387 g/mol. The third kappa shape index (κ3) is 5.55. The van der Waals surface area contributed by atoms with E-state index in [4.69, 9.17) is 9.15 Å². The minimum atomic E-state index is -0.615. The van der Waals surface area contributed by atoms with Gasteiger partial charge in [0.2, 0.25) is 5.91 Å². The molecule has 3 rings (SSSR count). The van der Waals surface area contributed by atoms with Crippen LogP contribution in [0.5, 0.6) is 5.75 Å². The van der Waals surface area contributed by atoms with Crippen LogP contribution in [0.15, 0.2) is 64.2 Å². The maximum atomic E-state index is 13.6. The molecule has 3 aromatic rings. The summed E-state index contributed by atoms with van der Waals surface area (Å²) in [6.07, 6.45) is -0.615. The number of nitrogens with zero attached hydrogens (tertiary/aromatic N) is 2. The highest BCUT2D eigenvalue weighted by Gasteiger charge is 2.18. The van der Waals surface area contributed by atoms with E-state index < -0.39 is 11.9 Å². The minimum Gasteiger partial charge on any atom is -0.478 e. The molecule has 0 radical (unpaired) electrons. The number of hydrogen-bond donors (Lipinski definition) is 1. The zero-order chi connectivity index (χ0) is 19.1. The largest absolute Gasteiger partial charge is 0.478 e. The van der Waals surface area contributed by atoms with Crippen molar-refractivity contribution in [3.63, 3.8) is 0 Å². The second-order valence-electron chi connectivity index (χ2n) is 5.65. The van der Waals surface area contributed by atoms with E-state index in [-0.39, 0.29) is 28.5 Å². The van der Waals surface area contributed by atoms with Gasteiger partial charge in [-0.05, 0) is 24.6 Å². The van der Waals surface area contributed by atoms with Gasteiger partial charge in [0.1, 0.15) is 0 Å². The number of nitrogens with one attached hydrogen (secondary N) is 1. The number of rotatable bonds is 8. The summed E-state index contributed by atoms with van der Waals surface area (Å²) in [5.74, 6) is -0.132. The lowest BCUT2D eigenvalue weighted by atomic mass is 10.2. The lowest BCUT2D eigenvalue weighted by molar-refractivity contribution is -0.118. The molecule has 2 aromatic carbocycles. The number of aromatic nitrogens is 2. The molecule has 6 nitrogen and oxygen atoms in total. The fourth-order valence-corrected chi connectivity index (χ4v) is 2.80. The number of para-hydroxylation sites is 1. The highest BCUT2D eigenvalue weighted by molar-refractivity contribution is 7.99. The van der Waals surface area contributed by atoms with E-state index in [2.05, 4.69) is 15.5 Å². The number of benzene rings is 2. The summed E-state index contributed by atoms with van der Waals surface area (Å²) >= 11 is 1.13. The van der Waals surface area contributed by atoms with E-state index in [1.165, 1.54) is 12.1 Å². The molecule has 0 unspecified atom stereocenters. The molecule has 0 bridgehead atoms. The topological polar surface area (TPSA) is 77.2 Å². The van der Waals surface area contributed by atoms with Gasteiger partial charge in [0.15, 0.2) is 17.7 Å². The molecule has 1 aromatic heterocycles. The van der Waals surface area contributed by atoms with Gasteiger partial charge in [0, 0.05) is 6.54 Å². The first-order valence-corrected chi connectivity index (χ1v) is 9.28. The van der Waals surface area contributed by atoms with Crippen LogP contribution < -0.4 is 10.1 Å². The Kier molecular flexibility index (Phi) is 6.43. The fourth-order valence-electron chi connectivity index (χ4n) is 2.20. The first kappa shape index (κ1) is 18.9. The number of amides is 1. The number of halogens is 1. The van der Waals surface area contributed by atoms with Crippen LogP contribution in [0.25, 0.3) is 0 Å². The second kappa shape index (κ2) is 9.18. The van der Waals surface area contributed by atoms with Crippen LogP contribution in [-0.4, -0.2) is 21.9 Å². The molecule has 1 atom stereocenters. The average Bonchev–Trinajstić information content (AvgIpc) is 3.16. The van der Waals surface area contributed by atoms with E-state index in [0.29, 0.717) is 6.54 Å². The Morgan fingerprint density at radius 2 is 1.93 bits per heavy atom. The summed E-state index contributed by atoms with van der Waals surface area (Å²) < 4.78 is 24.6. The summed E-state index contributed by atoms with van der Waals surface area (Å²) in [5, 5.41) is 10.9. The van der Waals surface area contributed by atoms with Gasteiger partial charge in [-0.3, -0.25) is 4.79 Å². The number of carbonyl (C=O) groups is 1. The van der Waals surface area contributed by atoms with Gasteiger partial charge in [-0.2, -0.15) is 0 Å². The van der Waals surface area contributed by atoms with E-state index in [9.17, 15) is 9.18 Å². The quantitative estimate of drug-likeness (QED) is 0.593. The maximum Gasteiger partial charge on any atom is 0.277 e. The van der Waals surface area contributed by atoms with Crippen molar-refractivity contribution in [3.05, 3.63) is 71.9 Å². The highest BCUT2D eigenvalue weighted by Crippen LogP contribution is 2.25. The summed E-state index contributed by atoms with van der Waals surface area (Å²) in [6, 6.07) is 15.7. The standard InChI is InChI=1S/C19H18FN3O3S/c1-13(25-16-10-6-5-9-15(16)20)18-22-23-19(26-18)27-12-17(24)21-11-14-7-3-2-4-8-14/h2-10,13H,11-12H2,1H3,(H,21,24)/t13-/m0/s1. The first-order valence-electron chi connectivity index (χ1n) is 8.30. The van der Waals surface area contributed by atoms with Gasteiger partial charge < -0.3 is 14.5 Å². The number of thioether (sulfide) groups is 1. The lowest BCUT2D eigenvalue weighted by Crippen LogP contribution is -2.24. The van der Waals surface area contributed by atoms with Crippen molar-refractivity contribution in [1.82, 2.24) is 15.5 Å². The molecule has 0 saturated heterocycles. The van der Waals surface area contributed by atoms with Crippen LogP contribution in [0.4, 0.5) is 4.39 Å². The van der Waals surface area contributed by atoms with E-state index in [1.54, 1.807) is 19.1 Å². The molecular weight excluding hydrogens is 369 g/mol. The van der Waals surface area contributed by atoms with Crippen molar-refractivity contribution in [1.29, 1.82) is 0 Å². The molecule has 140 valence electrons. The third-order valence-electron chi connectivity index (χ3n) is 3.57. The predicted octanol–water partition coefficient (Wildman–Crippen LogP) is 3.76. The van der Waals surface area contributed by atoms with Gasteiger partial charge >= 0.3 is 0 Å². The smallest absolute Gasteiger partial charge is 0.277 e. The van der Waals surface area contributed by atoms with Gasteiger partial charge in [-0.15, -0.1) is 10.2 Å². The Labute approximate surface area is 160 Å². The van der Waals surface area contributed by atoms with Crippen molar-refractivity contribution < 1.29 is 18.3 Å². The molecule has 8 heteroatoms. The molecule has 0 spiro atoms. The molecule has 0 aliphatic rings. The normalized spacial score (nSPS) is 11.8. The van der Waals surface area contributed by atoms with Crippen molar-refractivity contribution in [2.24, 2.45) is 0 Å². The summed E-state index contributed by atoms with van der Waals surface area (Å²) in [5.41, 5.74) is 1.02. The number of ether oxygens (including phenoxy) is 1. The zero-order valence-corrected chi connectivity index (χ0v) is 15.4. The molecule has 0 fully saturated rings. The highest BCUT2D eigenvalue weighted by atomic mass is 32.2. The zero-order valence-electron chi connectivity index (χ0n) is 14.6. The Bertz CT molecular complexity index is 889. The van der Waals surface area contributed by atoms with E-state index in [1.807, 2.05) is 30.3 Å². The van der Waals surface area contributed by atoms with E-state index in [0.717, 1.165) is 17.3 Å². The summed E-state index contributed by atoms with van der Waals surface area (Å²) in [4.78, 5) is 11.9. The van der Waals surface area contributed by atoms with Crippen LogP contribution in [-0.2, 0) is 11.3 Å². The third-order valence-corrected chi connectivity index (χ3v) is 4.39. The van der Waals surface area contributed by atoms with Crippen LogP contribution >= 0.6 is 11.8 Å². The molecule has 1 amide bonds. The van der Waals surface area contributed by atoms with Crippen molar-refractivity contribution >= 4 is 17.7 Å². The van der Waals surface area contributed by atoms with Crippen molar-refractivity contribution in [2.45, 2.75) is 24.8 Å². The van der Waals surface area contributed by atoms with Crippen LogP contribution in [0.3, 0.4) is 0 Å². The first-order chi connectivity index (χ1) is 13.1. The van der Waals surface area contributed by atoms with Crippen molar-refractivity contribution in [3.8, 4) is 5.75 Å². The molecule has 0 aliphatic heterocycles. The molecule has 0 aliphatic carbocycles. The minimum absolute atomic E-state index is 0.109. The van der Waals surface area contributed by atoms with Crippen LogP contribution in [0.1, 0.15) is 24.5 Å². The maximum absolute atomic E-state index is 13.6. The molecule has 0 saturated carbocycles. The van der Waals surface area contributed by atoms with Gasteiger partial charge in [0.25, 0.3) is 11.1 Å². The molecular formula is C19H18FN3O3S. The van der Waals surface area contributed by atoms with Gasteiger partial charge in [-0.1, -0.05) is 54.2 Å².